The minimum absolute atomic E-state index is 0.0742. The number of unbranched alkanes of at least 4 members (excludes halogenated alkanes) is 20. The highest BCUT2D eigenvalue weighted by Crippen LogP contribution is 2.33. The van der Waals surface area contributed by atoms with Gasteiger partial charge in [-0.1, -0.05) is 190 Å². The smallest absolute Gasteiger partial charge is 0.339 e. The zero-order chi connectivity index (χ0) is 61.7. The molecule has 0 unspecified atom stereocenters. The first-order valence-corrected chi connectivity index (χ1v) is 31.5. The number of hydrogen-bond donors (Lipinski definition) is 1. The van der Waals surface area contributed by atoms with E-state index < -0.39 is 103 Å². The molecule has 0 aliphatic carbocycles. The monoisotopic (exact) mass is 1180 g/mol. The van der Waals surface area contributed by atoms with Gasteiger partial charge in [0, 0.05) is 6.92 Å². The Morgan fingerprint density at radius 3 is 1.39 bits per heavy atom. The van der Waals surface area contributed by atoms with Gasteiger partial charge in [0.2, 0.25) is 0 Å². The molecule has 0 spiro atoms. The second kappa shape index (κ2) is 40.8. The van der Waals surface area contributed by atoms with Crippen molar-refractivity contribution in [1.82, 2.24) is 5.32 Å². The summed E-state index contributed by atoms with van der Waals surface area (Å²) in [6.07, 6.45) is 18.2. The molecule has 1 N–H and O–H groups in total. The summed E-state index contributed by atoms with van der Waals surface area (Å²) in [5.41, 5.74) is -0.707. The van der Waals surface area contributed by atoms with Gasteiger partial charge in [-0.15, -0.1) is 0 Å². The van der Waals surface area contributed by atoms with Crippen LogP contribution in [0.15, 0.2) is 103 Å². The van der Waals surface area contributed by atoms with Crippen LogP contribution in [0.4, 0.5) is 0 Å². The highest BCUT2D eigenvalue weighted by Gasteiger charge is 2.56. The van der Waals surface area contributed by atoms with E-state index >= 15 is 0 Å². The van der Waals surface area contributed by atoms with Gasteiger partial charge < -0.3 is 43.2 Å². The molecule has 3 aromatic rings. The van der Waals surface area contributed by atoms with Gasteiger partial charge >= 0.3 is 35.8 Å². The second-order valence-corrected chi connectivity index (χ2v) is 23.2. The fourth-order valence-electron chi connectivity index (χ4n) is 9.99. The molecule has 1 fully saturated rings. The van der Waals surface area contributed by atoms with Crippen LogP contribution in [-0.2, 0) is 57.1 Å². The lowest BCUT2D eigenvalue weighted by atomic mass is 9.97. The van der Waals surface area contributed by atoms with Crippen LogP contribution in [0.25, 0.3) is 0 Å². The Labute approximate surface area is 506 Å². The summed E-state index contributed by atoms with van der Waals surface area (Å²) in [4.78, 5) is 97.8. The van der Waals surface area contributed by atoms with Crippen molar-refractivity contribution in [1.29, 1.82) is 0 Å². The molecule has 1 aliphatic rings. The van der Waals surface area contributed by atoms with E-state index in [0.717, 1.165) is 84.2 Å². The third kappa shape index (κ3) is 27.2. The molecule has 0 saturated carbocycles. The summed E-state index contributed by atoms with van der Waals surface area (Å²) >= 11 is 0. The quantitative estimate of drug-likeness (QED) is 0.0243. The van der Waals surface area contributed by atoms with Crippen LogP contribution in [0, 0.1) is 5.41 Å². The van der Waals surface area contributed by atoms with Gasteiger partial charge in [-0.2, -0.15) is 0 Å². The fourth-order valence-corrected chi connectivity index (χ4v) is 9.99. The van der Waals surface area contributed by atoms with Gasteiger partial charge in [0.1, 0.15) is 6.10 Å². The predicted octanol–water partition coefficient (Wildman–Crippen LogP) is 14.3. The number of methoxy groups -OCH3 is 1. The number of benzene rings is 3. The molecule has 8 atom stereocenters. The Kier molecular flexibility index (Phi) is 34.2. The Morgan fingerprint density at radius 1 is 0.529 bits per heavy atom. The molecule has 0 bridgehead atoms. The van der Waals surface area contributed by atoms with Gasteiger partial charge in [-0.3, -0.25) is 14.4 Å². The molecule has 3 aromatic carbocycles. The van der Waals surface area contributed by atoms with Gasteiger partial charge in [0.15, 0.2) is 36.8 Å². The lowest BCUT2D eigenvalue weighted by Crippen LogP contribution is -2.64. The molecule has 0 aromatic heterocycles. The first kappa shape index (κ1) is 71.1. The molecule has 4 rings (SSSR count). The summed E-state index contributed by atoms with van der Waals surface area (Å²) in [6, 6.07) is 22.6. The van der Waals surface area contributed by atoms with Crippen molar-refractivity contribution in [3.8, 4) is 0 Å². The van der Waals surface area contributed by atoms with Crippen LogP contribution < -0.4 is 5.32 Å². The van der Waals surface area contributed by atoms with E-state index in [2.05, 4.69) is 31.3 Å². The first-order chi connectivity index (χ1) is 41.1. The normalized spacial score (nSPS) is 17.9. The van der Waals surface area contributed by atoms with Crippen LogP contribution >= 0.6 is 0 Å². The summed E-state index contributed by atoms with van der Waals surface area (Å²) in [5.74, 6) is -5.71. The van der Waals surface area contributed by atoms with Crippen LogP contribution in [0.2, 0.25) is 0 Å². The third-order valence-corrected chi connectivity index (χ3v) is 14.9. The SMILES string of the molecule is CCCCCC/C=C\CCCCCCCCC[C@@H](OC(C)=O)[C@H](CO[C@H]1O[C@H](C(=O)OC)[C@@H](OC(=O)c2ccccc2)[C@H](OC(=O)c2ccccc2)[C@H]1OC(=O)c1ccccc1)NC(=O)[C@@H](CCCCCCCCCCCC)OC(=O)C(C)(C)C. The van der Waals surface area contributed by atoms with E-state index in [1.807, 2.05) is 0 Å². The van der Waals surface area contributed by atoms with Crippen LogP contribution in [-0.4, -0.2) is 104 Å². The minimum atomic E-state index is -1.86. The number of carbonyl (C=O) groups excluding carboxylic acids is 7. The van der Waals surface area contributed by atoms with Crippen molar-refractivity contribution in [2.24, 2.45) is 5.41 Å². The standard InChI is InChI=1S/C69H99NO15/c1-8-10-12-14-16-18-20-21-22-23-24-26-27-29-40-48-56(80-51(3)71)55(70-62(72)57(81-68(77)69(4,5)6)49-41-30-28-25-19-17-15-13-11-9-2)50-79-67-61(84-65(75)54-46-38-33-39-47-54)59(83-64(74)53-44-36-32-37-45-53)58(60(85-67)66(76)78-7)82-63(73)52-42-34-31-35-43-52/h18,20,31-39,42-47,55-61,67H,8-17,19,21-30,40-41,48-50H2,1-7H3,(H,70,72)/b20-18-/t55-,56+,57+,58-,59-,60-,61+,67-/m0/s1. The van der Waals surface area contributed by atoms with Crippen LogP contribution in [0.3, 0.4) is 0 Å². The van der Waals surface area contributed by atoms with Crippen molar-refractivity contribution in [2.45, 2.75) is 251 Å². The zero-order valence-electron chi connectivity index (χ0n) is 51.9. The van der Waals surface area contributed by atoms with E-state index in [0.29, 0.717) is 12.8 Å². The van der Waals surface area contributed by atoms with Crippen molar-refractivity contribution >= 4 is 41.7 Å². The molecule has 85 heavy (non-hydrogen) atoms. The topological polar surface area (TPSA) is 205 Å². The molecule has 16 heteroatoms. The summed E-state index contributed by atoms with van der Waals surface area (Å²) in [6.45, 7) is 10.3. The van der Waals surface area contributed by atoms with Crippen molar-refractivity contribution in [3.63, 3.8) is 0 Å². The lowest BCUT2D eigenvalue weighted by molar-refractivity contribution is -0.294. The molecule has 0 radical (unpaired) electrons. The largest absolute Gasteiger partial charge is 0.467 e. The van der Waals surface area contributed by atoms with E-state index in [1.165, 1.54) is 101 Å². The Morgan fingerprint density at radius 2 is 0.941 bits per heavy atom. The van der Waals surface area contributed by atoms with Gasteiger partial charge in [-0.25, -0.2) is 19.2 Å². The molecule has 1 amide bonds. The average molecular weight is 1180 g/mol. The van der Waals surface area contributed by atoms with Crippen molar-refractivity contribution < 1.29 is 71.5 Å². The predicted molar refractivity (Wildman–Crippen MR) is 326 cm³/mol. The molecule has 16 nitrogen and oxygen atoms in total. The van der Waals surface area contributed by atoms with Crippen LogP contribution in [0.5, 0.6) is 0 Å². The number of esters is 6. The summed E-state index contributed by atoms with van der Waals surface area (Å²) < 4.78 is 48.6. The molecular weight excluding hydrogens is 1080 g/mol. The van der Waals surface area contributed by atoms with Crippen molar-refractivity contribution in [3.05, 3.63) is 120 Å². The number of ether oxygens (including phenoxy) is 8. The highest BCUT2D eigenvalue weighted by molar-refractivity contribution is 5.92. The summed E-state index contributed by atoms with van der Waals surface area (Å²) in [7, 11) is 1.09. The lowest BCUT2D eigenvalue weighted by Gasteiger charge is -2.44. The Bertz CT molecular complexity index is 2430. The van der Waals surface area contributed by atoms with Gasteiger partial charge in [0.05, 0.1) is 41.9 Å². The van der Waals surface area contributed by atoms with E-state index in [-0.39, 0.29) is 29.5 Å². The van der Waals surface area contributed by atoms with E-state index in [4.69, 9.17) is 37.9 Å². The number of hydrogen-bond acceptors (Lipinski definition) is 15. The zero-order valence-corrected chi connectivity index (χ0v) is 51.9. The van der Waals surface area contributed by atoms with Crippen molar-refractivity contribution in [2.75, 3.05) is 13.7 Å². The third-order valence-electron chi connectivity index (χ3n) is 14.9. The van der Waals surface area contributed by atoms with Gasteiger partial charge in [0.25, 0.3) is 5.91 Å². The van der Waals surface area contributed by atoms with Crippen LogP contribution in [0.1, 0.15) is 233 Å². The Balaban J connectivity index is 1.70. The minimum Gasteiger partial charge on any atom is -0.467 e. The van der Waals surface area contributed by atoms with E-state index in [1.54, 1.807) is 75.4 Å². The molecule has 1 aliphatic heterocycles. The maximum atomic E-state index is 14.8. The highest BCUT2D eigenvalue weighted by atomic mass is 16.7. The number of allylic oxidation sites excluding steroid dienone is 2. The second-order valence-electron chi connectivity index (χ2n) is 23.2. The molecule has 470 valence electrons. The maximum absolute atomic E-state index is 14.8. The number of carbonyl (C=O) groups is 7. The molecule has 1 saturated heterocycles. The maximum Gasteiger partial charge on any atom is 0.339 e. The number of nitrogens with one attached hydrogen (secondary N) is 1. The molecule has 1 heterocycles. The van der Waals surface area contributed by atoms with Gasteiger partial charge in [-0.05, 0) is 109 Å². The number of rotatable bonds is 41. The molecular formula is C69H99NO15. The number of amides is 1. The Hall–Kier alpha value is -6.39. The first-order valence-electron chi connectivity index (χ1n) is 31.5. The fraction of sp³-hybridized carbons (Fsp3) is 0.609. The average Bonchev–Trinajstić information content (AvgIpc) is 2.67. The van der Waals surface area contributed by atoms with E-state index in [9.17, 15) is 33.6 Å². The summed E-state index contributed by atoms with van der Waals surface area (Å²) in [5, 5.41) is 3.02.